The van der Waals surface area contributed by atoms with Gasteiger partial charge < -0.3 is 15.6 Å². The summed E-state index contributed by atoms with van der Waals surface area (Å²) in [5, 5.41) is 7.42. The summed E-state index contributed by atoms with van der Waals surface area (Å²) in [6.07, 6.45) is 0.211. The van der Waals surface area contributed by atoms with Gasteiger partial charge in [0.15, 0.2) is 0 Å². The molecule has 140 valence electrons. The van der Waals surface area contributed by atoms with Crippen molar-refractivity contribution in [2.45, 2.75) is 6.42 Å². The third-order valence-electron chi connectivity index (χ3n) is 4.21. The van der Waals surface area contributed by atoms with E-state index in [0.29, 0.717) is 17.1 Å². The van der Waals surface area contributed by atoms with Gasteiger partial charge in [0.25, 0.3) is 5.91 Å². The van der Waals surface area contributed by atoms with Gasteiger partial charge in [-0.1, -0.05) is 18.2 Å². The summed E-state index contributed by atoms with van der Waals surface area (Å²) in [6, 6.07) is 18.9. The molecule has 2 amide bonds. The number of amides is 2. The number of thiophene rings is 1. The van der Waals surface area contributed by atoms with Crippen LogP contribution in [0.2, 0.25) is 0 Å². The van der Waals surface area contributed by atoms with E-state index in [-0.39, 0.29) is 18.2 Å². The van der Waals surface area contributed by atoms with E-state index in [1.54, 1.807) is 6.07 Å². The summed E-state index contributed by atoms with van der Waals surface area (Å²) in [5.41, 5.74) is 3.55. The summed E-state index contributed by atoms with van der Waals surface area (Å²) in [5.74, 6) is 0.483. The van der Waals surface area contributed by atoms with Gasteiger partial charge in [0.2, 0.25) is 5.91 Å². The van der Waals surface area contributed by atoms with Crippen LogP contribution < -0.4 is 10.6 Å². The van der Waals surface area contributed by atoms with Gasteiger partial charge in [-0.15, -0.1) is 11.3 Å². The van der Waals surface area contributed by atoms with Crippen molar-refractivity contribution in [1.29, 1.82) is 0 Å². The molecule has 0 bridgehead atoms. The number of nitrogens with one attached hydrogen (secondary N) is 3. The number of hydrogen-bond donors (Lipinski definition) is 3. The maximum atomic E-state index is 12.1. The highest BCUT2D eigenvalue weighted by molar-refractivity contribution is 7.12. The van der Waals surface area contributed by atoms with E-state index in [0.717, 1.165) is 22.4 Å². The van der Waals surface area contributed by atoms with Gasteiger partial charge in [0, 0.05) is 24.2 Å². The lowest BCUT2D eigenvalue weighted by atomic mass is 10.2. The van der Waals surface area contributed by atoms with Gasteiger partial charge in [0.05, 0.1) is 15.9 Å². The molecule has 0 saturated heterocycles. The highest BCUT2D eigenvalue weighted by Crippen LogP contribution is 2.22. The molecule has 0 saturated carbocycles. The molecule has 3 N–H and O–H groups in total. The number of nitrogens with zero attached hydrogens (tertiary/aromatic N) is 1. The molecule has 4 rings (SSSR count). The minimum Gasteiger partial charge on any atom is -0.351 e. The molecule has 2 heterocycles. The number of aromatic amines is 1. The first-order valence-corrected chi connectivity index (χ1v) is 9.74. The highest BCUT2D eigenvalue weighted by Gasteiger charge is 2.08. The Bertz CT molecular complexity index is 1070. The van der Waals surface area contributed by atoms with Crippen molar-refractivity contribution in [3.63, 3.8) is 0 Å². The molecular weight excluding hydrogens is 372 g/mol. The maximum Gasteiger partial charge on any atom is 0.261 e. The smallest absolute Gasteiger partial charge is 0.261 e. The van der Waals surface area contributed by atoms with Crippen LogP contribution in [0.3, 0.4) is 0 Å². The quantitative estimate of drug-likeness (QED) is 0.464. The largest absolute Gasteiger partial charge is 0.351 e. The minimum atomic E-state index is -0.155. The molecule has 2 aromatic heterocycles. The van der Waals surface area contributed by atoms with Crippen LogP contribution in [-0.2, 0) is 4.79 Å². The zero-order valence-corrected chi connectivity index (χ0v) is 15.8. The topological polar surface area (TPSA) is 86.9 Å². The van der Waals surface area contributed by atoms with Crippen LogP contribution in [0, 0.1) is 0 Å². The fraction of sp³-hybridized carbons (Fsp3) is 0.0952. The SMILES string of the molecule is O=C(CCNC(=O)c1cccs1)Nc1ccc(-c2nc3ccccc3[nH]2)cc1. The number of H-pyrrole nitrogens is 1. The Balaban J connectivity index is 1.31. The van der Waals surface area contributed by atoms with Crippen LogP contribution in [-0.4, -0.2) is 28.3 Å². The first kappa shape index (κ1) is 17.9. The van der Waals surface area contributed by atoms with Crippen molar-refractivity contribution >= 4 is 39.9 Å². The monoisotopic (exact) mass is 390 g/mol. The molecular formula is C21H18N4O2S. The van der Waals surface area contributed by atoms with Gasteiger partial charge in [0.1, 0.15) is 5.82 Å². The Kier molecular flexibility index (Phi) is 5.16. The normalized spacial score (nSPS) is 10.7. The number of benzene rings is 2. The molecule has 0 fully saturated rings. The molecule has 28 heavy (non-hydrogen) atoms. The second kappa shape index (κ2) is 8.06. The number of carbonyl (C=O) groups excluding carboxylic acids is 2. The first-order valence-electron chi connectivity index (χ1n) is 8.86. The predicted octanol–water partition coefficient (Wildman–Crippen LogP) is 4.05. The number of rotatable bonds is 6. The number of para-hydroxylation sites is 2. The standard InChI is InChI=1S/C21H18N4O2S/c26-19(11-12-22-21(27)18-6-3-13-28-18)23-15-9-7-14(8-10-15)20-24-16-4-1-2-5-17(16)25-20/h1-10,13H,11-12H2,(H,22,27)(H,23,26)(H,24,25). The number of hydrogen-bond acceptors (Lipinski definition) is 4. The minimum absolute atomic E-state index is 0.150. The highest BCUT2D eigenvalue weighted by atomic mass is 32.1. The van der Waals surface area contributed by atoms with Crippen LogP contribution in [0.4, 0.5) is 5.69 Å². The lowest BCUT2D eigenvalue weighted by Gasteiger charge is -2.07. The Labute approximate surface area is 165 Å². The molecule has 0 radical (unpaired) electrons. The zero-order chi connectivity index (χ0) is 19.3. The Hall–Kier alpha value is -3.45. The van der Waals surface area contributed by atoms with Crippen LogP contribution >= 0.6 is 11.3 Å². The molecule has 0 spiro atoms. The van der Waals surface area contributed by atoms with Crippen LogP contribution in [0.25, 0.3) is 22.4 Å². The third-order valence-corrected chi connectivity index (χ3v) is 5.08. The second-order valence-corrected chi connectivity index (χ2v) is 7.16. The van der Waals surface area contributed by atoms with Crippen molar-refractivity contribution in [2.75, 3.05) is 11.9 Å². The number of imidazole rings is 1. The molecule has 2 aromatic carbocycles. The lowest BCUT2D eigenvalue weighted by molar-refractivity contribution is -0.116. The second-order valence-electron chi connectivity index (χ2n) is 6.21. The molecule has 0 aliphatic heterocycles. The number of anilines is 1. The van der Waals surface area contributed by atoms with E-state index in [1.165, 1.54) is 11.3 Å². The van der Waals surface area contributed by atoms with Crippen molar-refractivity contribution in [3.05, 3.63) is 70.9 Å². The average Bonchev–Trinajstić information content (AvgIpc) is 3.38. The Morgan fingerprint density at radius 3 is 2.57 bits per heavy atom. The lowest BCUT2D eigenvalue weighted by Crippen LogP contribution is -2.27. The number of carbonyl (C=O) groups is 2. The van der Waals surface area contributed by atoms with Gasteiger partial charge in [-0.25, -0.2) is 4.98 Å². The molecule has 0 unspecified atom stereocenters. The van der Waals surface area contributed by atoms with E-state index in [9.17, 15) is 9.59 Å². The van der Waals surface area contributed by atoms with E-state index < -0.39 is 0 Å². The summed E-state index contributed by atoms with van der Waals surface area (Å²) in [4.78, 5) is 32.4. The Morgan fingerprint density at radius 1 is 1.00 bits per heavy atom. The molecule has 7 heteroatoms. The van der Waals surface area contributed by atoms with Gasteiger partial charge in [-0.3, -0.25) is 9.59 Å². The van der Waals surface area contributed by atoms with E-state index in [1.807, 2.05) is 60.0 Å². The molecule has 6 nitrogen and oxygen atoms in total. The fourth-order valence-electron chi connectivity index (χ4n) is 2.81. The average molecular weight is 390 g/mol. The van der Waals surface area contributed by atoms with Crippen molar-refractivity contribution in [3.8, 4) is 11.4 Å². The van der Waals surface area contributed by atoms with Crippen LogP contribution in [0.5, 0.6) is 0 Å². The van der Waals surface area contributed by atoms with Gasteiger partial charge >= 0.3 is 0 Å². The first-order chi connectivity index (χ1) is 13.7. The summed E-state index contributed by atoms with van der Waals surface area (Å²) >= 11 is 1.37. The van der Waals surface area contributed by atoms with Crippen LogP contribution in [0.15, 0.2) is 66.0 Å². The predicted molar refractivity (Wildman–Crippen MR) is 111 cm³/mol. The van der Waals surface area contributed by atoms with Crippen molar-refractivity contribution in [2.24, 2.45) is 0 Å². The maximum absolute atomic E-state index is 12.1. The molecule has 0 aliphatic carbocycles. The molecule has 0 aliphatic rings. The van der Waals surface area contributed by atoms with Gasteiger partial charge in [-0.2, -0.15) is 0 Å². The van der Waals surface area contributed by atoms with Crippen molar-refractivity contribution in [1.82, 2.24) is 15.3 Å². The summed E-state index contributed by atoms with van der Waals surface area (Å²) in [7, 11) is 0. The summed E-state index contributed by atoms with van der Waals surface area (Å²) in [6.45, 7) is 0.291. The zero-order valence-electron chi connectivity index (χ0n) is 14.9. The van der Waals surface area contributed by atoms with E-state index in [4.69, 9.17) is 0 Å². The van der Waals surface area contributed by atoms with E-state index in [2.05, 4.69) is 20.6 Å². The van der Waals surface area contributed by atoms with Gasteiger partial charge in [-0.05, 0) is 47.8 Å². The summed E-state index contributed by atoms with van der Waals surface area (Å²) < 4.78 is 0. The number of fused-ring (bicyclic) bond motifs is 1. The van der Waals surface area contributed by atoms with Crippen LogP contribution in [0.1, 0.15) is 16.1 Å². The molecule has 0 atom stereocenters. The molecule has 4 aromatic rings. The van der Waals surface area contributed by atoms with Crippen molar-refractivity contribution < 1.29 is 9.59 Å². The Morgan fingerprint density at radius 2 is 1.82 bits per heavy atom. The third kappa shape index (κ3) is 4.10. The number of aromatic nitrogens is 2. The van der Waals surface area contributed by atoms with E-state index >= 15 is 0 Å². The fourth-order valence-corrected chi connectivity index (χ4v) is 3.45.